The zero-order valence-electron chi connectivity index (χ0n) is 7.64. The maximum atomic E-state index is 11.1. The van der Waals surface area contributed by atoms with E-state index in [-0.39, 0.29) is 11.8 Å². The molecule has 0 saturated heterocycles. The van der Waals surface area contributed by atoms with E-state index in [2.05, 4.69) is 5.32 Å². The summed E-state index contributed by atoms with van der Waals surface area (Å²) in [7, 11) is 0. The Hall–Kier alpha value is -0.570. The van der Waals surface area contributed by atoms with Gasteiger partial charge in [0.2, 0.25) is 5.91 Å². The topological polar surface area (TPSA) is 49.3 Å². The van der Waals surface area contributed by atoms with E-state index < -0.39 is 5.60 Å². The monoisotopic (exact) mass is 159 g/mol. The zero-order chi connectivity index (χ0) is 9.07. The third-order valence-corrected chi connectivity index (χ3v) is 1.80. The summed E-state index contributed by atoms with van der Waals surface area (Å²) in [4.78, 5) is 11.1. The molecule has 0 aromatic rings. The Kier molecular flexibility index (Phi) is 3.52. The maximum Gasteiger partial charge on any atom is 0.225 e. The molecular weight excluding hydrogens is 142 g/mol. The van der Waals surface area contributed by atoms with E-state index in [1.807, 2.05) is 6.92 Å². The highest BCUT2D eigenvalue weighted by Crippen LogP contribution is 2.14. The van der Waals surface area contributed by atoms with E-state index in [0.29, 0.717) is 6.54 Å². The Bertz CT molecular complexity index is 138. The highest BCUT2D eigenvalue weighted by atomic mass is 16.3. The molecule has 1 amide bonds. The first-order chi connectivity index (χ1) is 4.89. The predicted octanol–water partition coefficient (Wildman–Crippen LogP) is 0.529. The number of carbonyl (C=O) groups is 1. The Morgan fingerprint density at radius 1 is 1.64 bits per heavy atom. The average molecular weight is 159 g/mol. The molecule has 0 saturated carbocycles. The van der Waals surface area contributed by atoms with Crippen LogP contribution in [-0.2, 0) is 4.79 Å². The molecule has 0 aromatic carbocycles. The van der Waals surface area contributed by atoms with Gasteiger partial charge in [-0.3, -0.25) is 4.79 Å². The minimum Gasteiger partial charge on any atom is -0.390 e. The summed E-state index contributed by atoms with van der Waals surface area (Å²) in [5, 5.41) is 12.1. The summed E-state index contributed by atoms with van der Waals surface area (Å²) in [6, 6.07) is 0. The number of amides is 1. The second kappa shape index (κ2) is 3.72. The molecule has 0 spiro atoms. The lowest BCUT2D eigenvalue weighted by atomic mass is 9.92. The van der Waals surface area contributed by atoms with Gasteiger partial charge in [-0.1, -0.05) is 6.92 Å². The molecule has 0 heterocycles. The summed E-state index contributed by atoms with van der Waals surface area (Å²) in [6.07, 6.45) is 0. The highest BCUT2D eigenvalue weighted by Gasteiger charge is 2.28. The first-order valence-electron chi connectivity index (χ1n) is 3.89. The van der Waals surface area contributed by atoms with Crippen LogP contribution in [0, 0.1) is 5.92 Å². The Morgan fingerprint density at radius 2 is 2.09 bits per heavy atom. The van der Waals surface area contributed by atoms with Crippen LogP contribution < -0.4 is 5.32 Å². The number of hydrogen-bond donors (Lipinski definition) is 2. The van der Waals surface area contributed by atoms with Crippen LogP contribution in [0.4, 0.5) is 0 Å². The van der Waals surface area contributed by atoms with Gasteiger partial charge in [0.15, 0.2) is 0 Å². The van der Waals surface area contributed by atoms with Gasteiger partial charge in [-0.05, 0) is 20.8 Å². The Labute approximate surface area is 67.8 Å². The van der Waals surface area contributed by atoms with Gasteiger partial charge in [-0.2, -0.15) is 0 Å². The average Bonchev–Trinajstić information content (AvgIpc) is 1.85. The smallest absolute Gasteiger partial charge is 0.225 e. The second-order valence-corrected chi connectivity index (χ2v) is 3.27. The Balaban J connectivity index is 4.03. The minimum atomic E-state index is -0.931. The minimum absolute atomic E-state index is 0.0972. The summed E-state index contributed by atoms with van der Waals surface area (Å²) < 4.78 is 0. The lowest BCUT2D eigenvalue weighted by molar-refractivity contribution is -0.131. The first kappa shape index (κ1) is 10.4. The van der Waals surface area contributed by atoms with Crippen LogP contribution in [0.1, 0.15) is 27.7 Å². The van der Waals surface area contributed by atoms with Gasteiger partial charge >= 0.3 is 0 Å². The van der Waals surface area contributed by atoms with Crippen molar-refractivity contribution < 1.29 is 9.90 Å². The van der Waals surface area contributed by atoms with E-state index in [0.717, 1.165) is 0 Å². The van der Waals surface area contributed by atoms with Crippen molar-refractivity contribution in [2.24, 2.45) is 5.92 Å². The van der Waals surface area contributed by atoms with Crippen LogP contribution in [0.15, 0.2) is 0 Å². The number of aliphatic hydroxyl groups is 1. The van der Waals surface area contributed by atoms with Crippen molar-refractivity contribution in [3.05, 3.63) is 0 Å². The fourth-order valence-corrected chi connectivity index (χ4v) is 0.648. The molecular formula is C8H17NO2. The summed E-state index contributed by atoms with van der Waals surface area (Å²) >= 11 is 0. The van der Waals surface area contributed by atoms with E-state index in [9.17, 15) is 9.90 Å². The molecule has 3 heteroatoms. The normalized spacial score (nSPS) is 14.3. The van der Waals surface area contributed by atoms with Crippen molar-refractivity contribution >= 4 is 5.91 Å². The lowest BCUT2D eigenvalue weighted by Crippen LogP contribution is -2.41. The number of carbonyl (C=O) groups excluding carboxylic acids is 1. The third kappa shape index (κ3) is 3.37. The SMILES string of the molecule is CCNC(=O)C(C)C(C)(C)O. The van der Waals surface area contributed by atoms with Crippen LogP contribution >= 0.6 is 0 Å². The number of nitrogens with one attached hydrogen (secondary N) is 1. The molecule has 66 valence electrons. The van der Waals surface area contributed by atoms with Crippen LogP contribution in [0.2, 0.25) is 0 Å². The largest absolute Gasteiger partial charge is 0.390 e. The van der Waals surface area contributed by atoms with Crippen molar-refractivity contribution in [3.8, 4) is 0 Å². The summed E-state index contributed by atoms with van der Waals surface area (Å²) in [6.45, 7) is 7.44. The Morgan fingerprint density at radius 3 is 2.36 bits per heavy atom. The van der Waals surface area contributed by atoms with Crippen LogP contribution in [-0.4, -0.2) is 23.2 Å². The van der Waals surface area contributed by atoms with Crippen LogP contribution in [0.5, 0.6) is 0 Å². The maximum absolute atomic E-state index is 11.1. The molecule has 0 fully saturated rings. The number of rotatable bonds is 3. The van der Waals surface area contributed by atoms with Gasteiger partial charge in [0.25, 0.3) is 0 Å². The molecule has 1 atom stereocenters. The first-order valence-corrected chi connectivity index (χ1v) is 3.89. The van der Waals surface area contributed by atoms with E-state index in [1.165, 1.54) is 0 Å². The molecule has 3 nitrogen and oxygen atoms in total. The molecule has 0 aliphatic heterocycles. The second-order valence-electron chi connectivity index (χ2n) is 3.27. The predicted molar refractivity (Wildman–Crippen MR) is 44.1 cm³/mol. The number of hydrogen-bond acceptors (Lipinski definition) is 2. The van der Waals surface area contributed by atoms with Gasteiger partial charge in [-0.15, -0.1) is 0 Å². The summed E-state index contributed by atoms with van der Waals surface area (Å²) in [5.74, 6) is -0.456. The van der Waals surface area contributed by atoms with Crippen molar-refractivity contribution in [1.82, 2.24) is 5.32 Å². The molecule has 0 radical (unpaired) electrons. The van der Waals surface area contributed by atoms with Crippen molar-refractivity contribution in [1.29, 1.82) is 0 Å². The fourth-order valence-electron chi connectivity index (χ4n) is 0.648. The van der Waals surface area contributed by atoms with Gasteiger partial charge < -0.3 is 10.4 Å². The van der Waals surface area contributed by atoms with E-state index in [1.54, 1.807) is 20.8 Å². The van der Waals surface area contributed by atoms with Crippen molar-refractivity contribution in [2.75, 3.05) is 6.54 Å². The fraction of sp³-hybridized carbons (Fsp3) is 0.875. The standard InChI is InChI=1S/C8H17NO2/c1-5-9-7(10)6(2)8(3,4)11/h6,11H,5H2,1-4H3,(H,9,10). The molecule has 2 N–H and O–H groups in total. The quantitative estimate of drug-likeness (QED) is 0.631. The van der Waals surface area contributed by atoms with Gasteiger partial charge in [0.05, 0.1) is 11.5 Å². The molecule has 0 aromatic heterocycles. The lowest BCUT2D eigenvalue weighted by Gasteiger charge is -2.24. The van der Waals surface area contributed by atoms with Crippen LogP contribution in [0.3, 0.4) is 0 Å². The van der Waals surface area contributed by atoms with E-state index in [4.69, 9.17) is 0 Å². The molecule has 1 unspecified atom stereocenters. The van der Waals surface area contributed by atoms with E-state index >= 15 is 0 Å². The molecule has 11 heavy (non-hydrogen) atoms. The molecule has 0 aliphatic carbocycles. The third-order valence-electron chi connectivity index (χ3n) is 1.80. The van der Waals surface area contributed by atoms with Crippen molar-refractivity contribution in [2.45, 2.75) is 33.3 Å². The van der Waals surface area contributed by atoms with Gasteiger partial charge in [0.1, 0.15) is 0 Å². The molecule has 0 aliphatic rings. The van der Waals surface area contributed by atoms with Gasteiger partial charge in [0, 0.05) is 6.54 Å². The molecule has 0 rings (SSSR count). The van der Waals surface area contributed by atoms with Crippen molar-refractivity contribution in [3.63, 3.8) is 0 Å². The van der Waals surface area contributed by atoms with Gasteiger partial charge in [-0.25, -0.2) is 0 Å². The zero-order valence-corrected chi connectivity index (χ0v) is 7.64. The van der Waals surface area contributed by atoms with Crippen LogP contribution in [0.25, 0.3) is 0 Å². The molecule has 0 bridgehead atoms. The summed E-state index contributed by atoms with van der Waals surface area (Å²) in [5.41, 5.74) is -0.931. The highest BCUT2D eigenvalue weighted by molar-refractivity contribution is 5.79.